The molecule has 1 saturated heterocycles. The molecule has 0 radical (unpaired) electrons. The fraction of sp³-hybridized carbons (Fsp3) is 0.350. The molecule has 32 heavy (non-hydrogen) atoms. The summed E-state index contributed by atoms with van der Waals surface area (Å²) in [6.07, 6.45) is -2.84. The van der Waals surface area contributed by atoms with Gasteiger partial charge in [-0.1, -0.05) is 16.5 Å². The van der Waals surface area contributed by atoms with E-state index in [1.807, 2.05) is 0 Å². The van der Waals surface area contributed by atoms with Gasteiger partial charge in [0.05, 0.1) is 15.9 Å². The zero-order valence-electron chi connectivity index (χ0n) is 17.5. The van der Waals surface area contributed by atoms with E-state index in [-0.39, 0.29) is 17.0 Å². The largest absolute Gasteiger partial charge is 0.443 e. The predicted molar refractivity (Wildman–Crippen MR) is 110 cm³/mol. The number of amides is 1. The third-order valence-corrected chi connectivity index (χ3v) is 6.41. The number of nitro groups is 1. The lowest BCUT2D eigenvalue weighted by molar-refractivity contribution is -0.384. The van der Waals surface area contributed by atoms with Crippen LogP contribution < -0.4 is 0 Å². The van der Waals surface area contributed by atoms with Crippen molar-refractivity contribution >= 4 is 21.8 Å². The molecule has 1 heterocycles. The highest BCUT2D eigenvalue weighted by Gasteiger charge is 2.50. The highest BCUT2D eigenvalue weighted by atomic mass is 32.2. The monoisotopic (exact) mass is 467 g/mol. The first kappa shape index (κ1) is 23.6. The molecular formula is C20H22FN3O7S. The number of nitrogens with zero attached hydrogens (tertiary/aromatic N) is 3. The molecule has 1 aliphatic rings. The van der Waals surface area contributed by atoms with Crippen molar-refractivity contribution in [3.8, 4) is 0 Å². The van der Waals surface area contributed by atoms with Gasteiger partial charge in [-0.25, -0.2) is 17.6 Å². The number of carbonyl (C=O) groups excluding carboxylic acids is 1. The van der Waals surface area contributed by atoms with Gasteiger partial charge in [-0.2, -0.15) is 5.01 Å². The summed E-state index contributed by atoms with van der Waals surface area (Å²) in [7, 11) is -4.49. The van der Waals surface area contributed by atoms with Gasteiger partial charge < -0.3 is 9.84 Å². The highest BCUT2D eigenvalue weighted by molar-refractivity contribution is 7.89. The number of sulfonamides is 1. The number of hydrazine groups is 1. The van der Waals surface area contributed by atoms with Crippen LogP contribution in [0.15, 0.2) is 53.4 Å². The number of ether oxygens (including phenoxy) is 1. The van der Waals surface area contributed by atoms with Gasteiger partial charge in [0.25, 0.3) is 15.7 Å². The van der Waals surface area contributed by atoms with Crippen molar-refractivity contribution in [3.63, 3.8) is 0 Å². The first-order valence-corrected chi connectivity index (χ1v) is 11.0. The van der Waals surface area contributed by atoms with Gasteiger partial charge in [0.15, 0.2) is 6.23 Å². The molecule has 2 aromatic rings. The van der Waals surface area contributed by atoms with Gasteiger partial charge in [-0.3, -0.25) is 10.1 Å². The summed E-state index contributed by atoms with van der Waals surface area (Å²) in [4.78, 5) is 22.7. The zero-order chi connectivity index (χ0) is 23.8. The van der Waals surface area contributed by atoms with Gasteiger partial charge in [-0.15, -0.1) is 0 Å². The van der Waals surface area contributed by atoms with Crippen LogP contribution in [0, 0.1) is 15.9 Å². The minimum atomic E-state index is -4.49. The molecule has 1 aliphatic heterocycles. The first-order chi connectivity index (χ1) is 14.8. The quantitative estimate of drug-likeness (QED) is 0.539. The van der Waals surface area contributed by atoms with Crippen LogP contribution >= 0.6 is 0 Å². The number of benzene rings is 2. The van der Waals surface area contributed by atoms with Crippen LogP contribution in [-0.2, 0) is 14.8 Å². The van der Waals surface area contributed by atoms with Crippen molar-refractivity contribution in [3.05, 3.63) is 70.0 Å². The van der Waals surface area contributed by atoms with Crippen molar-refractivity contribution < 1.29 is 32.4 Å². The molecule has 0 aliphatic carbocycles. The maximum Gasteiger partial charge on any atom is 0.428 e. The van der Waals surface area contributed by atoms with E-state index >= 15 is 0 Å². The standard InChI is InChI=1S/C20H22FN3O7S/c1-20(2,3)31-19(26)22-18(25)12-17(13-4-6-14(21)7-5-13)23(22)32(29,30)16-10-8-15(9-11-16)24(27)28/h4-11,17-18,25H,12H2,1-3H3/t17-,18?/m0/s1. The minimum Gasteiger partial charge on any atom is -0.443 e. The van der Waals surface area contributed by atoms with Gasteiger partial charge >= 0.3 is 6.09 Å². The number of aliphatic hydroxyl groups excluding tert-OH is 1. The van der Waals surface area contributed by atoms with E-state index in [0.717, 1.165) is 36.4 Å². The normalized spacial score (nSPS) is 19.7. The Bertz CT molecular complexity index is 1120. The average molecular weight is 467 g/mol. The van der Waals surface area contributed by atoms with Gasteiger partial charge in [0.1, 0.15) is 11.4 Å². The van der Waals surface area contributed by atoms with E-state index in [9.17, 15) is 32.8 Å². The molecule has 1 fully saturated rings. The Morgan fingerprint density at radius 1 is 1.16 bits per heavy atom. The molecule has 0 spiro atoms. The van der Waals surface area contributed by atoms with Crippen molar-refractivity contribution in [2.24, 2.45) is 0 Å². The highest BCUT2D eigenvalue weighted by Crippen LogP contribution is 2.40. The Morgan fingerprint density at radius 2 is 1.72 bits per heavy atom. The SMILES string of the molecule is CC(C)(C)OC(=O)N1C(O)C[C@@H](c2ccc(F)cc2)N1S(=O)(=O)c1ccc([N+](=O)[O-])cc1. The fourth-order valence-electron chi connectivity index (χ4n) is 3.26. The molecule has 10 nitrogen and oxygen atoms in total. The zero-order valence-corrected chi connectivity index (χ0v) is 18.3. The number of non-ortho nitro benzene ring substituents is 1. The third-order valence-electron chi connectivity index (χ3n) is 4.62. The van der Waals surface area contributed by atoms with Crippen LogP contribution in [0.3, 0.4) is 0 Å². The molecule has 1 amide bonds. The summed E-state index contributed by atoms with van der Waals surface area (Å²) >= 11 is 0. The summed E-state index contributed by atoms with van der Waals surface area (Å²) in [5.74, 6) is -0.541. The smallest absolute Gasteiger partial charge is 0.428 e. The van der Waals surface area contributed by atoms with Crippen LogP contribution in [0.25, 0.3) is 0 Å². The van der Waals surface area contributed by atoms with Gasteiger partial charge in [0, 0.05) is 18.6 Å². The average Bonchev–Trinajstić information content (AvgIpc) is 3.05. The number of aliphatic hydroxyl groups is 1. The summed E-state index contributed by atoms with van der Waals surface area (Å²) in [5.41, 5.74) is -0.959. The maximum atomic E-state index is 13.5. The first-order valence-electron chi connectivity index (χ1n) is 9.56. The lowest BCUT2D eigenvalue weighted by Gasteiger charge is -2.33. The molecule has 2 aromatic carbocycles. The lowest BCUT2D eigenvalue weighted by Crippen LogP contribution is -2.50. The Kier molecular flexibility index (Phi) is 6.22. The predicted octanol–water partition coefficient (Wildman–Crippen LogP) is 3.34. The van der Waals surface area contributed by atoms with Crippen LogP contribution in [0.1, 0.15) is 38.8 Å². The van der Waals surface area contributed by atoms with Crippen LogP contribution in [0.2, 0.25) is 0 Å². The molecule has 1 N–H and O–H groups in total. The molecule has 3 rings (SSSR count). The second kappa shape index (κ2) is 8.45. The van der Waals surface area contributed by atoms with Crippen molar-refractivity contribution in [2.45, 2.75) is 50.0 Å². The molecule has 172 valence electrons. The number of carbonyl (C=O) groups is 1. The fourth-order valence-corrected chi connectivity index (χ4v) is 4.91. The third kappa shape index (κ3) is 4.71. The Morgan fingerprint density at radius 3 is 2.22 bits per heavy atom. The van der Waals surface area contributed by atoms with Crippen molar-refractivity contribution in [2.75, 3.05) is 0 Å². The van der Waals surface area contributed by atoms with E-state index in [2.05, 4.69) is 0 Å². The Balaban J connectivity index is 2.10. The second-order valence-electron chi connectivity index (χ2n) is 8.14. The Labute approximate surface area is 184 Å². The van der Waals surface area contributed by atoms with E-state index in [0.29, 0.717) is 15.0 Å². The molecular weight excluding hydrogens is 445 g/mol. The number of hydrogen-bond acceptors (Lipinski definition) is 7. The number of rotatable bonds is 4. The second-order valence-corrected chi connectivity index (χ2v) is 9.93. The topological polar surface area (TPSA) is 130 Å². The maximum absolute atomic E-state index is 13.5. The van der Waals surface area contributed by atoms with Gasteiger partial charge in [0.2, 0.25) is 0 Å². The van der Waals surface area contributed by atoms with Crippen molar-refractivity contribution in [1.29, 1.82) is 0 Å². The molecule has 2 atom stereocenters. The summed E-state index contributed by atoms with van der Waals surface area (Å²) in [6.45, 7) is 4.75. The van der Waals surface area contributed by atoms with E-state index < -0.39 is 44.7 Å². The molecule has 1 unspecified atom stereocenters. The molecule has 12 heteroatoms. The van der Waals surface area contributed by atoms with Crippen LogP contribution in [-0.4, -0.2) is 45.8 Å². The number of hydrogen-bond donors (Lipinski definition) is 1. The van der Waals surface area contributed by atoms with Crippen LogP contribution in [0.5, 0.6) is 0 Å². The van der Waals surface area contributed by atoms with E-state index in [1.54, 1.807) is 20.8 Å². The summed E-state index contributed by atoms with van der Waals surface area (Å²) in [5, 5.41) is 22.1. The van der Waals surface area contributed by atoms with Crippen LogP contribution in [0.4, 0.5) is 14.9 Å². The molecule has 0 bridgehead atoms. The minimum absolute atomic E-state index is 0.197. The Hall–Kier alpha value is -3.09. The number of nitro benzene ring substituents is 1. The lowest BCUT2D eigenvalue weighted by atomic mass is 10.1. The molecule has 0 saturated carbocycles. The summed E-state index contributed by atoms with van der Waals surface area (Å²) in [6, 6.07) is 8.02. The van der Waals surface area contributed by atoms with Crippen molar-refractivity contribution in [1.82, 2.24) is 9.42 Å². The van der Waals surface area contributed by atoms with Gasteiger partial charge in [-0.05, 0) is 50.6 Å². The van der Waals surface area contributed by atoms with E-state index in [4.69, 9.17) is 4.74 Å². The van der Waals surface area contributed by atoms with E-state index in [1.165, 1.54) is 12.1 Å². The summed E-state index contributed by atoms with van der Waals surface area (Å²) < 4.78 is 46.4. The molecule has 0 aromatic heterocycles. The number of halogens is 1.